The number of nitriles is 1. The molecule has 0 aliphatic carbocycles. The molecule has 4 aromatic rings. The molecule has 2 heterocycles. The first kappa shape index (κ1) is 26.7. The van der Waals surface area contributed by atoms with Crippen LogP contribution in [0.4, 0.5) is 8.78 Å². The zero-order chi connectivity index (χ0) is 26.9. The normalized spacial score (nSPS) is 16.1. The van der Waals surface area contributed by atoms with Gasteiger partial charge in [-0.1, -0.05) is 0 Å². The van der Waals surface area contributed by atoms with Crippen LogP contribution in [0.25, 0.3) is 5.69 Å². The van der Waals surface area contributed by atoms with E-state index in [0.29, 0.717) is 34.9 Å². The second-order valence-electron chi connectivity index (χ2n) is 9.99. The number of halogens is 4. The van der Waals surface area contributed by atoms with Crippen molar-refractivity contribution < 1.29 is 30.0 Å². The van der Waals surface area contributed by atoms with Crippen LogP contribution in [0.5, 0.6) is 0 Å². The third-order valence-corrected chi connectivity index (χ3v) is 10.5. The molecule has 1 saturated heterocycles. The minimum atomic E-state index is -1.55. The van der Waals surface area contributed by atoms with Gasteiger partial charge in [0.25, 0.3) is 0 Å². The van der Waals surface area contributed by atoms with Gasteiger partial charge in [-0.3, -0.25) is 0 Å². The average molecular weight is 645 g/mol. The number of aromatic nitrogens is 3. The number of likely N-dealkylation sites (tertiary alicyclic amines) is 1. The Morgan fingerprint density at radius 1 is 1.03 bits per heavy atom. The Morgan fingerprint density at radius 3 is 2.39 bits per heavy atom. The first-order valence-electron chi connectivity index (χ1n) is 12.2. The van der Waals surface area contributed by atoms with E-state index in [1.165, 1.54) is 24.8 Å². The molecule has 0 bridgehead atoms. The third-order valence-electron chi connectivity index (χ3n) is 6.78. The van der Waals surface area contributed by atoms with Crippen molar-refractivity contribution in [2.45, 2.75) is 29.5 Å². The van der Waals surface area contributed by atoms with Gasteiger partial charge in [-0.05, 0) is 0 Å². The molecular formula is C29H26ClF2IN5-. The Kier molecular flexibility index (Phi) is 7.80. The van der Waals surface area contributed by atoms with Crippen molar-refractivity contribution in [2.75, 3.05) is 13.1 Å². The summed E-state index contributed by atoms with van der Waals surface area (Å²) in [5.74, 6) is -0.899. The van der Waals surface area contributed by atoms with Crippen molar-refractivity contribution >= 4 is 11.6 Å². The van der Waals surface area contributed by atoms with Crippen LogP contribution in [-0.4, -0.2) is 38.4 Å². The van der Waals surface area contributed by atoms with E-state index >= 15 is 4.39 Å². The molecule has 5 nitrogen and oxygen atoms in total. The quantitative estimate of drug-likeness (QED) is 0.168. The molecule has 1 fully saturated rings. The summed E-state index contributed by atoms with van der Waals surface area (Å²) in [6.07, 6.45) is 3.00. The van der Waals surface area contributed by atoms with Crippen LogP contribution in [0, 0.1) is 26.6 Å². The summed E-state index contributed by atoms with van der Waals surface area (Å²) >= 11 is 5.62. The molecule has 3 aromatic carbocycles. The van der Waals surface area contributed by atoms with Gasteiger partial charge in [-0.2, -0.15) is 0 Å². The van der Waals surface area contributed by atoms with Gasteiger partial charge in [-0.15, -0.1) is 0 Å². The van der Waals surface area contributed by atoms with Gasteiger partial charge in [0, 0.05) is 0 Å². The van der Waals surface area contributed by atoms with E-state index in [-0.39, 0.29) is 9.97 Å². The number of benzene rings is 3. The van der Waals surface area contributed by atoms with Gasteiger partial charge in [0.15, 0.2) is 0 Å². The Balaban J connectivity index is 1.42. The van der Waals surface area contributed by atoms with Crippen LogP contribution in [0.3, 0.4) is 0 Å². The molecule has 5 rings (SSSR count). The van der Waals surface area contributed by atoms with Crippen molar-refractivity contribution in [3.8, 4) is 11.8 Å². The summed E-state index contributed by atoms with van der Waals surface area (Å²) < 4.78 is 33.4. The molecular weight excluding hydrogens is 619 g/mol. The van der Waals surface area contributed by atoms with Crippen molar-refractivity contribution in [3.05, 3.63) is 110 Å². The Hall–Kier alpha value is -2.87. The number of hydrogen-bond donors (Lipinski definition) is 0. The van der Waals surface area contributed by atoms with E-state index in [1.54, 1.807) is 18.4 Å². The predicted octanol–water partition coefficient (Wildman–Crippen LogP) is 3.35. The molecule has 0 N–H and O–H groups in total. The van der Waals surface area contributed by atoms with E-state index in [4.69, 9.17) is 11.6 Å². The van der Waals surface area contributed by atoms with Crippen LogP contribution >= 0.6 is 11.6 Å². The molecule has 0 amide bonds. The van der Waals surface area contributed by atoms with Crippen molar-refractivity contribution in [3.63, 3.8) is 0 Å². The van der Waals surface area contributed by atoms with Crippen molar-refractivity contribution in [1.29, 1.82) is 5.26 Å². The maximum atomic E-state index is 15.7. The van der Waals surface area contributed by atoms with Crippen molar-refractivity contribution in [2.24, 2.45) is 5.92 Å². The molecule has 9 heteroatoms. The molecule has 1 aliphatic heterocycles. The summed E-state index contributed by atoms with van der Waals surface area (Å²) in [5, 5.41) is 17.6. The van der Waals surface area contributed by atoms with Crippen LogP contribution in [0.15, 0.2) is 79.4 Å². The fraction of sp³-hybridized carbons (Fsp3) is 0.276. The van der Waals surface area contributed by atoms with Crippen LogP contribution < -0.4 is 21.2 Å². The van der Waals surface area contributed by atoms with Crippen LogP contribution in [-0.2, 0) is 0 Å². The Bertz CT molecular complexity index is 1440. The SMILES string of the molecule is CC(C)(F)C(c1cc(F)cc(-n2cnnc2)c1)C1CN(C([I-]c2cccc(C#N)c2)c2ccc(Cl)cc2)C1. The average Bonchev–Trinajstić information content (AvgIpc) is 3.40. The van der Waals surface area contributed by atoms with Crippen LogP contribution in [0.2, 0.25) is 5.02 Å². The Morgan fingerprint density at radius 2 is 1.74 bits per heavy atom. The van der Waals surface area contributed by atoms with E-state index in [1.807, 2.05) is 48.5 Å². The molecule has 2 unspecified atom stereocenters. The minimum absolute atomic E-state index is 0.00909. The number of rotatable bonds is 8. The maximum absolute atomic E-state index is 15.7. The fourth-order valence-electron chi connectivity index (χ4n) is 5.14. The third kappa shape index (κ3) is 5.90. The molecule has 196 valence electrons. The standard InChI is InChI=1S/C29H26ClF2IN5/c1-29(2,32)27(21-11-24(31)13-26(12-21)38-17-35-36-18-38)22-15-37(16-22)28(20-6-8-23(30)9-7-20)33-25-5-3-4-19(10-25)14-34/h3-13,17-18,22,27-28H,15-16H2,1-2H3/q-1. The number of alkyl halides is 2. The molecule has 0 spiro atoms. The monoisotopic (exact) mass is 644 g/mol. The molecule has 0 saturated carbocycles. The van der Waals surface area contributed by atoms with Gasteiger partial charge >= 0.3 is 237 Å². The van der Waals surface area contributed by atoms with Gasteiger partial charge in [0.1, 0.15) is 0 Å². The molecule has 2 atom stereocenters. The molecule has 1 aliphatic rings. The summed E-state index contributed by atoms with van der Waals surface area (Å²) in [6.45, 7) is 4.50. The zero-order valence-electron chi connectivity index (χ0n) is 20.9. The van der Waals surface area contributed by atoms with Crippen LogP contribution in [0.1, 0.15) is 40.5 Å². The molecule has 0 radical (unpaired) electrons. The van der Waals surface area contributed by atoms with E-state index in [9.17, 15) is 9.65 Å². The van der Waals surface area contributed by atoms with Gasteiger partial charge in [0.05, 0.1) is 0 Å². The predicted molar refractivity (Wildman–Crippen MR) is 138 cm³/mol. The van der Waals surface area contributed by atoms with Gasteiger partial charge in [0.2, 0.25) is 0 Å². The second kappa shape index (κ2) is 11.1. The summed E-state index contributed by atoms with van der Waals surface area (Å²) in [5.41, 5.74) is 1.44. The topological polar surface area (TPSA) is 57.7 Å². The van der Waals surface area contributed by atoms with Gasteiger partial charge < -0.3 is 0 Å². The first-order valence-corrected chi connectivity index (χ1v) is 14.9. The summed E-state index contributed by atoms with van der Waals surface area (Å²) in [7, 11) is 0. The zero-order valence-corrected chi connectivity index (χ0v) is 23.8. The van der Waals surface area contributed by atoms with E-state index in [2.05, 4.69) is 27.2 Å². The van der Waals surface area contributed by atoms with Gasteiger partial charge in [-0.25, -0.2) is 0 Å². The Labute approximate surface area is 236 Å². The fourth-order valence-corrected chi connectivity index (χ4v) is 8.50. The van der Waals surface area contributed by atoms with Crippen molar-refractivity contribution in [1.82, 2.24) is 19.7 Å². The second-order valence-corrected chi connectivity index (χ2v) is 13.5. The summed E-state index contributed by atoms with van der Waals surface area (Å²) in [6, 6.07) is 22.5. The summed E-state index contributed by atoms with van der Waals surface area (Å²) in [4.78, 5) is 2.37. The molecule has 38 heavy (non-hydrogen) atoms. The molecule has 1 aromatic heterocycles. The number of hydrogen-bond acceptors (Lipinski definition) is 4. The van der Waals surface area contributed by atoms with E-state index < -0.39 is 38.6 Å². The number of nitrogens with zero attached hydrogens (tertiary/aromatic N) is 5. The first-order chi connectivity index (χ1) is 18.2. The van der Waals surface area contributed by atoms with E-state index in [0.717, 1.165) is 9.13 Å².